The summed E-state index contributed by atoms with van der Waals surface area (Å²) in [5.41, 5.74) is 1.23. The van der Waals surface area contributed by atoms with Crippen LogP contribution in [0, 0.1) is 0 Å². The van der Waals surface area contributed by atoms with E-state index < -0.39 is 12.0 Å². The van der Waals surface area contributed by atoms with Gasteiger partial charge in [0, 0.05) is 11.6 Å². The minimum atomic E-state index is -0.728. The van der Waals surface area contributed by atoms with E-state index >= 15 is 0 Å². The van der Waals surface area contributed by atoms with Crippen molar-refractivity contribution < 1.29 is 19.2 Å². The monoisotopic (exact) mass is 323 g/mol. The Labute approximate surface area is 140 Å². The molecule has 1 unspecified atom stereocenters. The maximum absolute atomic E-state index is 12.8. The number of hydroxylamine groups is 1. The van der Waals surface area contributed by atoms with Crippen LogP contribution in [0.2, 0.25) is 0 Å². The molecule has 0 bridgehead atoms. The Morgan fingerprint density at radius 3 is 2.29 bits per heavy atom. The number of carbonyl (C=O) groups excluding carboxylic acids is 2. The Kier molecular flexibility index (Phi) is 4.61. The first-order valence-corrected chi connectivity index (χ1v) is 7.71. The molecule has 0 saturated carbocycles. The van der Waals surface area contributed by atoms with Gasteiger partial charge in [0.25, 0.3) is 0 Å². The number of anilines is 1. The highest BCUT2D eigenvalue weighted by atomic mass is 16.7. The Morgan fingerprint density at radius 2 is 1.67 bits per heavy atom. The molecule has 0 N–H and O–H groups in total. The first kappa shape index (κ1) is 15.8. The summed E-state index contributed by atoms with van der Waals surface area (Å²) < 4.78 is 4.97. The zero-order chi connectivity index (χ0) is 16.9. The second-order valence-corrected chi connectivity index (χ2v) is 5.18. The molecule has 24 heavy (non-hydrogen) atoms. The maximum Gasteiger partial charge on any atom is 0.376 e. The highest BCUT2D eigenvalue weighted by molar-refractivity contribution is 6.04. The minimum absolute atomic E-state index is 0.0231. The Morgan fingerprint density at radius 1 is 1.04 bits per heavy atom. The molecule has 3 rings (SSSR count). The third kappa shape index (κ3) is 3.15. The van der Waals surface area contributed by atoms with Crippen molar-refractivity contribution in [3.63, 3.8) is 0 Å². The normalized spacial score (nSPS) is 16.3. The first-order chi connectivity index (χ1) is 11.7. The molecule has 0 amide bonds. The number of esters is 1. The number of hydrogen-bond acceptors (Lipinski definition) is 5. The number of carbonyl (C=O) groups is 2. The SMILES string of the molecule is CCOC(=O)C1=CC(C(=O)c2ccccc2)N(c2ccccc2)O1. The quantitative estimate of drug-likeness (QED) is 0.625. The van der Waals surface area contributed by atoms with Crippen LogP contribution in [0.3, 0.4) is 0 Å². The van der Waals surface area contributed by atoms with Gasteiger partial charge in [-0.2, -0.15) is 5.06 Å². The van der Waals surface area contributed by atoms with Crippen molar-refractivity contribution in [2.75, 3.05) is 11.7 Å². The van der Waals surface area contributed by atoms with Crippen molar-refractivity contribution in [2.24, 2.45) is 0 Å². The van der Waals surface area contributed by atoms with Gasteiger partial charge in [0.15, 0.2) is 11.8 Å². The summed E-state index contributed by atoms with van der Waals surface area (Å²) >= 11 is 0. The highest BCUT2D eigenvalue weighted by Gasteiger charge is 2.36. The van der Waals surface area contributed by atoms with Crippen LogP contribution in [0.1, 0.15) is 17.3 Å². The number of rotatable bonds is 5. The number of nitrogens with zero attached hydrogens (tertiary/aromatic N) is 1. The van der Waals surface area contributed by atoms with Crippen molar-refractivity contribution in [2.45, 2.75) is 13.0 Å². The molecule has 2 aromatic rings. The molecule has 1 atom stereocenters. The van der Waals surface area contributed by atoms with E-state index in [4.69, 9.17) is 9.57 Å². The van der Waals surface area contributed by atoms with Crippen LogP contribution in [0.25, 0.3) is 0 Å². The lowest BCUT2D eigenvalue weighted by atomic mass is 10.0. The zero-order valence-corrected chi connectivity index (χ0v) is 13.2. The molecule has 5 heteroatoms. The predicted octanol–water partition coefficient (Wildman–Crippen LogP) is 3.14. The molecule has 0 saturated heterocycles. The molecule has 1 aliphatic heterocycles. The van der Waals surface area contributed by atoms with E-state index in [1.54, 1.807) is 31.2 Å². The Balaban J connectivity index is 1.94. The molecule has 0 fully saturated rings. The third-order valence-electron chi connectivity index (χ3n) is 3.57. The van der Waals surface area contributed by atoms with Crippen LogP contribution in [0.15, 0.2) is 72.5 Å². The topological polar surface area (TPSA) is 55.8 Å². The van der Waals surface area contributed by atoms with Gasteiger partial charge in [-0.1, -0.05) is 48.5 Å². The maximum atomic E-state index is 12.8. The van der Waals surface area contributed by atoms with Crippen LogP contribution in [0.4, 0.5) is 5.69 Å². The van der Waals surface area contributed by atoms with Gasteiger partial charge < -0.3 is 9.57 Å². The summed E-state index contributed by atoms with van der Waals surface area (Å²) in [5, 5.41) is 1.43. The van der Waals surface area contributed by atoms with Crippen LogP contribution in [-0.4, -0.2) is 24.4 Å². The molecule has 0 aliphatic carbocycles. The smallest absolute Gasteiger partial charge is 0.376 e. The van der Waals surface area contributed by atoms with Crippen LogP contribution >= 0.6 is 0 Å². The summed E-state index contributed by atoms with van der Waals surface area (Å²) in [4.78, 5) is 30.4. The van der Waals surface area contributed by atoms with Gasteiger partial charge in [0.2, 0.25) is 5.76 Å². The van der Waals surface area contributed by atoms with Crippen molar-refractivity contribution in [3.05, 3.63) is 78.1 Å². The van der Waals surface area contributed by atoms with Crippen molar-refractivity contribution in [1.82, 2.24) is 0 Å². The minimum Gasteiger partial charge on any atom is -0.460 e. The van der Waals surface area contributed by atoms with E-state index in [1.165, 1.54) is 11.1 Å². The summed E-state index contributed by atoms with van der Waals surface area (Å²) in [7, 11) is 0. The molecule has 5 nitrogen and oxygen atoms in total. The Bertz CT molecular complexity index is 755. The average molecular weight is 323 g/mol. The molecule has 2 aromatic carbocycles. The number of Topliss-reactive ketones (excluding diaryl/α,β-unsaturated/α-hetero) is 1. The molecule has 1 aliphatic rings. The lowest BCUT2D eigenvalue weighted by Gasteiger charge is -2.24. The number of benzene rings is 2. The van der Waals surface area contributed by atoms with Gasteiger partial charge >= 0.3 is 5.97 Å². The summed E-state index contributed by atoms with van der Waals surface area (Å²) in [6, 6.07) is 17.4. The zero-order valence-electron chi connectivity index (χ0n) is 13.2. The molecule has 0 aromatic heterocycles. The predicted molar refractivity (Wildman–Crippen MR) is 89.3 cm³/mol. The van der Waals surface area contributed by atoms with Crippen LogP contribution in [-0.2, 0) is 14.4 Å². The van der Waals surface area contributed by atoms with E-state index in [2.05, 4.69) is 0 Å². The average Bonchev–Trinajstić information content (AvgIpc) is 3.08. The van der Waals surface area contributed by atoms with Gasteiger partial charge in [-0.3, -0.25) is 4.79 Å². The number of ketones is 1. The van der Waals surface area contributed by atoms with E-state index in [0.717, 1.165) is 0 Å². The fraction of sp³-hybridized carbons (Fsp3) is 0.158. The summed E-state index contributed by atoms with van der Waals surface area (Å²) in [5.74, 6) is -0.712. The van der Waals surface area contributed by atoms with Gasteiger partial charge in [-0.05, 0) is 19.1 Å². The van der Waals surface area contributed by atoms with Crippen molar-refractivity contribution in [3.8, 4) is 0 Å². The van der Waals surface area contributed by atoms with Gasteiger partial charge in [-0.25, -0.2) is 4.79 Å². The molecule has 0 spiro atoms. The third-order valence-corrected chi connectivity index (χ3v) is 3.57. The van der Waals surface area contributed by atoms with Crippen molar-refractivity contribution in [1.29, 1.82) is 0 Å². The molecule has 1 heterocycles. The highest BCUT2D eigenvalue weighted by Crippen LogP contribution is 2.28. The van der Waals surface area contributed by atoms with Crippen molar-refractivity contribution >= 4 is 17.4 Å². The van der Waals surface area contributed by atoms with Gasteiger partial charge in [0.05, 0.1) is 12.3 Å². The van der Waals surface area contributed by atoms with Crippen LogP contribution in [0.5, 0.6) is 0 Å². The fourth-order valence-corrected chi connectivity index (χ4v) is 2.46. The molecular weight excluding hydrogens is 306 g/mol. The summed E-state index contributed by atoms with van der Waals surface area (Å²) in [6.45, 7) is 1.96. The number of para-hydroxylation sites is 1. The van der Waals surface area contributed by atoms with E-state index in [1.807, 2.05) is 36.4 Å². The second-order valence-electron chi connectivity index (χ2n) is 5.18. The lowest BCUT2D eigenvalue weighted by molar-refractivity contribution is -0.142. The van der Waals surface area contributed by atoms with E-state index in [-0.39, 0.29) is 18.1 Å². The van der Waals surface area contributed by atoms with Gasteiger partial charge in [-0.15, -0.1) is 0 Å². The van der Waals surface area contributed by atoms with E-state index in [0.29, 0.717) is 11.3 Å². The number of hydrogen-bond donors (Lipinski definition) is 0. The first-order valence-electron chi connectivity index (χ1n) is 7.71. The molecule has 0 radical (unpaired) electrons. The summed E-state index contributed by atoms with van der Waals surface area (Å²) in [6.07, 6.45) is 1.50. The standard InChI is InChI=1S/C19H17NO4/c1-2-23-19(22)17-13-16(18(21)14-9-5-3-6-10-14)20(24-17)15-11-7-4-8-12-15/h3-13,16H,2H2,1H3. The molecular formula is C19H17NO4. The fourth-order valence-electron chi connectivity index (χ4n) is 2.46. The lowest BCUT2D eigenvalue weighted by Crippen LogP contribution is -2.35. The second kappa shape index (κ2) is 7.00. The largest absolute Gasteiger partial charge is 0.460 e. The number of ether oxygens (including phenoxy) is 1. The van der Waals surface area contributed by atoms with Gasteiger partial charge in [0.1, 0.15) is 0 Å². The molecule has 122 valence electrons. The Hall–Kier alpha value is -3.08. The van der Waals surface area contributed by atoms with E-state index in [9.17, 15) is 9.59 Å². The van der Waals surface area contributed by atoms with Crippen LogP contribution < -0.4 is 5.06 Å².